The fourth-order valence-electron chi connectivity index (χ4n) is 1.61. The van der Waals surface area contributed by atoms with Gasteiger partial charge in [0.1, 0.15) is 5.82 Å². The minimum atomic E-state index is 0.691. The molecule has 1 aromatic carbocycles. The smallest absolute Gasteiger partial charge is 0.213 e. The van der Waals surface area contributed by atoms with E-state index in [-0.39, 0.29) is 0 Å². The van der Waals surface area contributed by atoms with Crippen molar-refractivity contribution in [3.63, 3.8) is 0 Å². The number of aryl methyl sites for hydroxylation is 1. The number of nitrogens with zero attached hydrogens (tertiary/aromatic N) is 2. The highest BCUT2D eigenvalue weighted by atomic mass is 35.5. The lowest BCUT2D eigenvalue weighted by molar-refractivity contribution is 0.675. The predicted octanol–water partition coefficient (Wildman–Crippen LogP) is 3.42. The lowest BCUT2D eigenvalue weighted by Crippen LogP contribution is -2.13. The molecule has 1 heterocycles. The molecule has 0 saturated carbocycles. The number of hydrogen-bond donors (Lipinski definition) is 2. The summed E-state index contributed by atoms with van der Waals surface area (Å²) >= 11 is 7.75. The lowest BCUT2D eigenvalue weighted by Gasteiger charge is -2.06. The van der Waals surface area contributed by atoms with Gasteiger partial charge in [-0.25, -0.2) is 4.98 Å². The molecule has 1 aromatic heterocycles. The van der Waals surface area contributed by atoms with Gasteiger partial charge in [-0.15, -0.1) is 5.10 Å². The molecule has 0 aliphatic rings. The number of H-pyrrole nitrogens is 1. The Kier molecular flexibility index (Phi) is 5.24. The van der Waals surface area contributed by atoms with Crippen LogP contribution in [0.25, 0.3) is 0 Å². The van der Waals surface area contributed by atoms with Crippen LogP contribution in [0.15, 0.2) is 28.3 Å². The van der Waals surface area contributed by atoms with Crippen molar-refractivity contribution < 1.29 is 0 Å². The van der Waals surface area contributed by atoms with Crippen LogP contribution in [0.5, 0.6) is 0 Å². The van der Waals surface area contributed by atoms with Crippen molar-refractivity contribution >= 4 is 23.4 Å². The molecule has 0 amide bonds. The van der Waals surface area contributed by atoms with Gasteiger partial charge in [-0.3, -0.25) is 5.10 Å². The topological polar surface area (TPSA) is 53.6 Å². The maximum atomic E-state index is 6.28. The van der Waals surface area contributed by atoms with E-state index in [2.05, 4.69) is 33.5 Å². The molecule has 4 nitrogen and oxygen atoms in total. The first-order valence-electron chi connectivity index (χ1n) is 6.25. The number of rotatable bonds is 6. The van der Waals surface area contributed by atoms with Crippen LogP contribution in [0.1, 0.15) is 24.7 Å². The van der Waals surface area contributed by atoms with E-state index in [1.807, 2.05) is 19.1 Å². The third kappa shape index (κ3) is 4.23. The second-order valence-electron chi connectivity index (χ2n) is 4.25. The quantitative estimate of drug-likeness (QED) is 0.802. The standard InChI is InChI=1S/C13H17ClN4S/c1-3-6-15-8-10-4-5-12(11(14)7-10)19-13-16-9(2)17-18-13/h4-5,7,15H,3,6,8H2,1-2H3,(H,16,17,18). The van der Waals surface area contributed by atoms with Crippen LogP contribution in [0.3, 0.4) is 0 Å². The zero-order valence-electron chi connectivity index (χ0n) is 11.0. The van der Waals surface area contributed by atoms with Crippen LogP contribution >= 0.6 is 23.4 Å². The number of aromatic amines is 1. The van der Waals surface area contributed by atoms with Crippen molar-refractivity contribution in [1.82, 2.24) is 20.5 Å². The van der Waals surface area contributed by atoms with E-state index in [1.165, 1.54) is 17.3 Å². The third-order valence-electron chi connectivity index (χ3n) is 2.53. The van der Waals surface area contributed by atoms with Crippen LogP contribution in [-0.4, -0.2) is 21.7 Å². The maximum Gasteiger partial charge on any atom is 0.213 e. The van der Waals surface area contributed by atoms with Gasteiger partial charge < -0.3 is 5.32 Å². The van der Waals surface area contributed by atoms with E-state index in [4.69, 9.17) is 11.6 Å². The average Bonchev–Trinajstić information content (AvgIpc) is 2.79. The highest BCUT2D eigenvalue weighted by molar-refractivity contribution is 7.99. The third-order valence-corrected chi connectivity index (χ3v) is 3.90. The average molecular weight is 297 g/mol. The van der Waals surface area contributed by atoms with Gasteiger partial charge in [0, 0.05) is 11.4 Å². The summed E-state index contributed by atoms with van der Waals surface area (Å²) < 4.78 is 0. The molecule has 102 valence electrons. The molecule has 2 rings (SSSR count). The van der Waals surface area contributed by atoms with E-state index in [0.717, 1.165) is 35.3 Å². The molecule has 0 radical (unpaired) electrons. The summed E-state index contributed by atoms with van der Waals surface area (Å²) in [7, 11) is 0. The first-order valence-corrected chi connectivity index (χ1v) is 7.44. The molecule has 0 unspecified atom stereocenters. The summed E-state index contributed by atoms with van der Waals surface area (Å²) in [5.74, 6) is 0.805. The molecule has 0 saturated heterocycles. The zero-order chi connectivity index (χ0) is 13.7. The minimum absolute atomic E-state index is 0.691. The predicted molar refractivity (Wildman–Crippen MR) is 78.7 cm³/mol. The van der Waals surface area contributed by atoms with Crippen LogP contribution in [0.4, 0.5) is 0 Å². The Morgan fingerprint density at radius 2 is 2.26 bits per heavy atom. The summed E-state index contributed by atoms with van der Waals surface area (Å²) in [5.41, 5.74) is 1.19. The molecular formula is C13H17ClN4S. The Labute approximate surface area is 122 Å². The van der Waals surface area contributed by atoms with E-state index in [0.29, 0.717) is 5.16 Å². The largest absolute Gasteiger partial charge is 0.313 e. The van der Waals surface area contributed by atoms with Crippen LogP contribution in [-0.2, 0) is 6.54 Å². The highest BCUT2D eigenvalue weighted by Crippen LogP contribution is 2.31. The number of halogens is 1. The van der Waals surface area contributed by atoms with E-state index in [9.17, 15) is 0 Å². The monoisotopic (exact) mass is 296 g/mol. The molecule has 2 N–H and O–H groups in total. The highest BCUT2D eigenvalue weighted by Gasteiger charge is 2.07. The number of benzene rings is 1. The summed E-state index contributed by atoms with van der Waals surface area (Å²) in [4.78, 5) is 5.23. The van der Waals surface area contributed by atoms with Crippen molar-refractivity contribution in [2.45, 2.75) is 36.9 Å². The molecule has 0 aliphatic carbocycles. The Bertz CT molecular complexity index is 541. The second-order valence-corrected chi connectivity index (χ2v) is 5.66. The molecule has 19 heavy (non-hydrogen) atoms. The zero-order valence-corrected chi connectivity index (χ0v) is 12.6. The van der Waals surface area contributed by atoms with Gasteiger partial charge >= 0.3 is 0 Å². The fraction of sp³-hybridized carbons (Fsp3) is 0.385. The van der Waals surface area contributed by atoms with Crippen molar-refractivity contribution in [3.05, 3.63) is 34.6 Å². The number of nitrogens with one attached hydrogen (secondary N) is 2. The van der Waals surface area contributed by atoms with Gasteiger partial charge in [-0.2, -0.15) is 0 Å². The van der Waals surface area contributed by atoms with Crippen molar-refractivity contribution in [2.75, 3.05) is 6.54 Å². The molecule has 0 atom stereocenters. The Morgan fingerprint density at radius 1 is 1.42 bits per heavy atom. The van der Waals surface area contributed by atoms with Gasteiger partial charge in [-0.05, 0) is 49.3 Å². The number of aromatic nitrogens is 3. The van der Waals surface area contributed by atoms with Gasteiger partial charge in [0.15, 0.2) is 0 Å². The molecule has 0 fully saturated rings. The summed E-state index contributed by atoms with van der Waals surface area (Å²) in [6.07, 6.45) is 1.13. The van der Waals surface area contributed by atoms with E-state index < -0.39 is 0 Å². The summed E-state index contributed by atoms with van der Waals surface area (Å²) in [5, 5.41) is 11.7. The van der Waals surface area contributed by atoms with E-state index >= 15 is 0 Å². The minimum Gasteiger partial charge on any atom is -0.313 e. The van der Waals surface area contributed by atoms with Gasteiger partial charge in [0.2, 0.25) is 5.16 Å². The molecule has 0 aliphatic heterocycles. The SMILES string of the molecule is CCCNCc1ccc(Sc2n[nH]c(C)n2)c(Cl)c1. The first-order chi connectivity index (χ1) is 9.19. The Morgan fingerprint density at radius 3 is 2.89 bits per heavy atom. The number of hydrogen-bond acceptors (Lipinski definition) is 4. The van der Waals surface area contributed by atoms with Gasteiger partial charge in [-0.1, -0.05) is 24.6 Å². The maximum absolute atomic E-state index is 6.28. The molecule has 6 heteroatoms. The Hall–Kier alpha value is -1.04. The van der Waals surface area contributed by atoms with E-state index in [1.54, 1.807) is 0 Å². The molecule has 2 aromatic rings. The van der Waals surface area contributed by atoms with Crippen LogP contribution in [0.2, 0.25) is 5.02 Å². The molecule has 0 bridgehead atoms. The second kappa shape index (κ2) is 6.93. The lowest BCUT2D eigenvalue weighted by atomic mass is 10.2. The first kappa shape index (κ1) is 14.4. The summed E-state index contributed by atoms with van der Waals surface area (Å²) in [6, 6.07) is 6.09. The molecular weight excluding hydrogens is 280 g/mol. The van der Waals surface area contributed by atoms with Crippen molar-refractivity contribution in [1.29, 1.82) is 0 Å². The van der Waals surface area contributed by atoms with Gasteiger partial charge in [0.25, 0.3) is 0 Å². The fourth-order valence-corrected chi connectivity index (χ4v) is 2.69. The van der Waals surface area contributed by atoms with Crippen LogP contribution < -0.4 is 5.32 Å². The van der Waals surface area contributed by atoms with Crippen molar-refractivity contribution in [3.8, 4) is 0 Å². The van der Waals surface area contributed by atoms with Crippen LogP contribution in [0, 0.1) is 6.92 Å². The van der Waals surface area contributed by atoms with Gasteiger partial charge in [0.05, 0.1) is 5.02 Å². The van der Waals surface area contributed by atoms with Crippen molar-refractivity contribution in [2.24, 2.45) is 0 Å². The Balaban J connectivity index is 2.02. The normalized spacial score (nSPS) is 10.9. The molecule has 0 spiro atoms. The summed E-state index contributed by atoms with van der Waals surface area (Å²) in [6.45, 7) is 5.89.